The van der Waals surface area contributed by atoms with Crippen LogP contribution in [0.5, 0.6) is 0 Å². The second-order valence-electron chi connectivity index (χ2n) is 14.5. The highest BCUT2D eigenvalue weighted by atomic mass is 32.1. The Labute approximate surface area is 324 Å². The van der Waals surface area contributed by atoms with E-state index < -0.39 is 5.41 Å². The van der Waals surface area contributed by atoms with Crippen LogP contribution in [0.15, 0.2) is 206 Å². The van der Waals surface area contributed by atoms with Gasteiger partial charge in [-0.3, -0.25) is 0 Å². The van der Waals surface area contributed by atoms with E-state index in [9.17, 15) is 0 Å². The highest BCUT2D eigenvalue weighted by Gasteiger charge is 2.46. The SMILES string of the molecule is c1ccc(C2(c3ccccc3)c3ccccc3-c3ccc(-c4ccc(Nc5ccc(-c6cccc7c6sc6c8ccccc8ccc76)cc5)cc4)cc32)cc1. The molecule has 0 fully saturated rings. The van der Waals surface area contributed by atoms with E-state index in [4.69, 9.17) is 0 Å². The van der Waals surface area contributed by atoms with Crippen molar-refractivity contribution in [3.8, 4) is 33.4 Å². The van der Waals surface area contributed by atoms with Crippen molar-refractivity contribution in [1.29, 1.82) is 0 Å². The largest absolute Gasteiger partial charge is 0.356 e. The molecule has 9 aromatic carbocycles. The lowest BCUT2D eigenvalue weighted by atomic mass is 9.67. The third-order valence-corrected chi connectivity index (χ3v) is 12.8. The molecule has 11 rings (SSSR count). The number of fused-ring (bicyclic) bond motifs is 8. The fraction of sp³-hybridized carbons (Fsp3) is 0.0189. The molecule has 2 heteroatoms. The van der Waals surface area contributed by atoms with Gasteiger partial charge in [-0.1, -0.05) is 176 Å². The van der Waals surface area contributed by atoms with Crippen LogP contribution < -0.4 is 5.32 Å². The summed E-state index contributed by atoms with van der Waals surface area (Å²) in [4.78, 5) is 0. The molecule has 1 aliphatic rings. The van der Waals surface area contributed by atoms with Gasteiger partial charge in [-0.15, -0.1) is 11.3 Å². The van der Waals surface area contributed by atoms with Crippen LogP contribution >= 0.6 is 11.3 Å². The van der Waals surface area contributed by atoms with Gasteiger partial charge in [0.05, 0.1) is 5.41 Å². The molecular weight excluding hydrogens is 683 g/mol. The Kier molecular flexibility index (Phi) is 7.33. The van der Waals surface area contributed by atoms with Crippen molar-refractivity contribution in [2.24, 2.45) is 0 Å². The van der Waals surface area contributed by atoms with Gasteiger partial charge in [-0.25, -0.2) is 0 Å². The van der Waals surface area contributed by atoms with Crippen molar-refractivity contribution >= 4 is 53.7 Å². The molecule has 0 saturated heterocycles. The summed E-state index contributed by atoms with van der Waals surface area (Å²) in [5.41, 5.74) is 14.4. The number of rotatable bonds is 6. The molecule has 1 nitrogen and oxygen atoms in total. The zero-order valence-corrected chi connectivity index (χ0v) is 30.9. The minimum atomic E-state index is -0.408. The molecular formula is C53H35NS. The number of hydrogen-bond acceptors (Lipinski definition) is 2. The van der Waals surface area contributed by atoms with E-state index in [0.717, 1.165) is 11.4 Å². The average molecular weight is 718 g/mol. The van der Waals surface area contributed by atoms with Crippen LogP contribution in [0.4, 0.5) is 11.4 Å². The molecule has 0 saturated carbocycles. The first-order valence-electron chi connectivity index (χ1n) is 18.9. The minimum absolute atomic E-state index is 0.408. The van der Waals surface area contributed by atoms with E-state index >= 15 is 0 Å². The molecule has 0 unspecified atom stereocenters. The van der Waals surface area contributed by atoms with Crippen LogP contribution in [-0.4, -0.2) is 0 Å². The Morgan fingerprint density at radius 1 is 0.345 bits per heavy atom. The van der Waals surface area contributed by atoms with Crippen molar-refractivity contribution in [3.63, 3.8) is 0 Å². The van der Waals surface area contributed by atoms with E-state index in [1.165, 1.54) is 86.6 Å². The zero-order chi connectivity index (χ0) is 36.3. The molecule has 258 valence electrons. The molecule has 0 radical (unpaired) electrons. The maximum Gasteiger partial charge on any atom is 0.0713 e. The van der Waals surface area contributed by atoms with Crippen LogP contribution in [0.2, 0.25) is 0 Å². The fourth-order valence-corrected chi connectivity index (χ4v) is 10.4. The number of nitrogens with one attached hydrogen (secondary N) is 1. The third-order valence-electron chi connectivity index (χ3n) is 11.6. The normalized spacial score (nSPS) is 12.9. The highest BCUT2D eigenvalue weighted by molar-refractivity contribution is 7.27. The molecule has 55 heavy (non-hydrogen) atoms. The van der Waals surface area contributed by atoms with Gasteiger partial charge in [0.2, 0.25) is 0 Å². The zero-order valence-electron chi connectivity index (χ0n) is 30.0. The van der Waals surface area contributed by atoms with Gasteiger partial charge in [-0.2, -0.15) is 0 Å². The molecule has 1 N–H and O–H groups in total. The van der Waals surface area contributed by atoms with E-state index in [0.29, 0.717) is 0 Å². The van der Waals surface area contributed by atoms with Crippen molar-refractivity contribution in [1.82, 2.24) is 0 Å². The van der Waals surface area contributed by atoms with E-state index in [1.807, 2.05) is 11.3 Å². The maximum atomic E-state index is 3.65. The summed E-state index contributed by atoms with van der Waals surface area (Å²) < 4.78 is 2.70. The summed E-state index contributed by atoms with van der Waals surface area (Å²) >= 11 is 1.90. The molecule has 10 aromatic rings. The molecule has 0 atom stereocenters. The summed E-state index contributed by atoms with van der Waals surface area (Å²) in [6, 6.07) is 75.6. The first kappa shape index (κ1) is 31.8. The van der Waals surface area contributed by atoms with Crippen LogP contribution in [0.1, 0.15) is 22.3 Å². The molecule has 1 aromatic heterocycles. The average Bonchev–Trinajstić information content (AvgIpc) is 3.79. The molecule has 0 bridgehead atoms. The lowest BCUT2D eigenvalue weighted by Gasteiger charge is -2.34. The van der Waals surface area contributed by atoms with Crippen molar-refractivity contribution in [3.05, 3.63) is 229 Å². The van der Waals surface area contributed by atoms with Gasteiger partial charge in [-0.05, 0) is 96.7 Å². The smallest absolute Gasteiger partial charge is 0.0713 e. The van der Waals surface area contributed by atoms with Crippen molar-refractivity contribution in [2.45, 2.75) is 5.41 Å². The molecule has 1 aliphatic carbocycles. The molecule has 0 spiro atoms. The maximum absolute atomic E-state index is 3.65. The Bertz CT molecular complexity index is 2990. The van der Waals surface area contributed by atoms with Gasteiger partial charge < -0.3 is 5.32 Å². The fourth-order valence-electron chi connectivity index (χ4n) is 9.02. The van der Waals surface area contributed by atoms with Gasteiger partial charge in [0.15, 0.2) is 0 Å². The first-order valence-corrected chi connectivity index (χ1v) is 19.7. The number of hydrogen-bond donors (Lipinski definition) is 1. The Balaban J connectivity index is 0.910. The van der Waals surface area contributed by atoms with Gasteiger partial charge in [0.25, 0.3) is 0 Å². The van der Waals surface area contributed by atoms with Crippen molar-refractivity contribution in [2.75, 3.05) is 5.32 Å². The lowest BCUT2D eigenvalue weighted by Crippen LogP contribution is -2.28. The predicted molar refractivity (Wildman–Crippen MR) is 235 cm³/mol. The van der Waals surface area contributed by atoms with Gasteiger partial charge >= 0.3 is 0 Å². The Morgan fingerprint density at radius 3 is 1.65 bits per heavy atom. The van der Waals surface area contributed by atoms with E-state index in [2.05, 4.69) is 212 Å². The summed E-state index contributed by atoms with van der Waals surface area (Å²) in [6.07, 6.45) is 0. The van der Waals surface area contributed by atoms with Gasteiger partial charge in [0, 0.05) is 31.5 Å². The van der Waals surface area contributed by atoms with Crippen LogP contribution in [0.25, 0.3) is 64.3 Å². The third kappa shape index (κ3) is 4.99. The number of thiophene rings is 1. The number of anilines is 2. The van der Waals surface area contributed by atoms with Crippen LogP contribution in [-0.2, 0) is 5.41 Å². The molecule has 0 amide bonds. The van der Waals surface area contributed by atoms with Gasteiger partial charge in [0.1, 0.15) is 0 Å². The minimum Gasteiger partial charge on any atom is -0.356 e. The summed E-state index contributed by atoms with van der Waals surface area (Å²) in [5.74, 6) is 0. The van der Waals surface area contributed by atoms with Crippen LogP contribution in [0.3, 0.4) is 0 Å². The molecule has 1 heterocycles. The summed E-state index contributed by atoms with van der Waals surface area (Å²) in [7, 11) is 0. The second kappa shape index (κ2) is 12.7. The van der Waals surface area contributed by atoms with Crippen molar-refractivity contribution < 1.29 is 0 Å². The van der Waals surface area contributed by atoms with E-state index in [-0.39, 0.29) is 0 Å². The Morgan fingerprint density at radius 2 is 0.909 bits per heavy atom. The summed E-state index contributed by atoms with van der Waals surface area (Å²) in [5, 5.41) is 8.92. The number of benzene rings is 9. The van der Waals surface area contributed by atoms with E-state index in [1.54, 1.807) is 0 Å². The second-order valence-corrected chi connectivity index (χ2v) is 15.5. The quantitative estimate of drug-likeness (QED) is 0.181. The highest BCUT2D eigenvalue weighted by Crippen LogP contribution is 2.56. The Hall–Kier alpha value is -6.74. The lowest BCUT2D eigenvalue weighted by molar-refractivity contribution is 0.769. The standard InChI is InChI=1S/C53H35NS/c1-3-13-39(14-4-1)53(40-15-5-2-6-16-40)49-21-10-9-18-45(49)46-32-27-38(34-50(46)53)35-22-28-41(29-23-35)54-42-30-24-37(25-31-42)44-19-11-20-47-48-33-26-36-12-7-8-17-43(36)52(48)55-51(44)47/h1-34,54H. The predicted octanol–water partition coefficient (Wildman–Crippen LogP) is 14.6. The molecule has 0 aliphatic heterocycles. The van der Waals surface area contributed by atoms with Crippen LogP contribution in [0, 0.1) is 0 Å². The first-order chi connectivity index (χ1) is 27.3. The topological polar surface area (TPSA) is 12.0 Å². The monoisotopic (exact) mass is 717 g/mol. The summed E-state index contributed by atoms with van der Waals surface area (Å²) in [6.45, 7) is 0.